The molecule has 6 heteroatoms. The molecule has 0 spiro atoms. The standard InChI is InChI=1S/C16H13N3O3/c1-22-12-7-5-11(6-8-12)18-15(20)13-10-17-14-4-2-3-9-19(14)16(13)21/h2-10H,1H3,(H,18,20). The molecule has 6 nitrogen and oxygen atoms in total. The molecule has 0 saturated carbocycles. The normalized spacial score (nSPS) is 10.4. The first-order valence-corrected chi connectivity index (χ1v) is 6.61. The van der Waals surface area contributed by atoms with Crippen LogP contribution in [0.15, 0.2) is 59.7 Å². The molecule has 1 N–H and O–H groups in total. The summed E-state index contributed by atoms with van der Waals surface area (Å²) in [4.78, 5) is 28.7. The molecule has 0 fully saturated rings. The lowest BCUT2D eigenvalue weighted by Gasteiger charge is -2.07. The van der Waals surface area contributed by atoms with Crippen molar-refractivity contribution >= 4 is 17.2 Å². The number of hydrogen-bond acceptors (Lipinski definition) is 4. The third-order valence-electron chi connectivity index (χ3n) is 3.21. The first-order chi connectivity index (χ1) is 10.7. The number of fused-ring (bicyclic) bond motifs is 1. The Morgan fingerprint density at radius 3 is 2.68 bits per heavy atom. The van der Waals surface area contributed by atoms with Crippen molar-refractivity contribution in [1.82, 2.24) is 9.38 Å². The number of nitrogens with one attached hydrogen (secondary N) is 1. The van der Waals surface area contributed by atoms with Gasteiger partial charge in [-0.15, -0.1) is 0 Å². The fraction of sp³-hybridized carbons (Fsp3) is 0.0625. The summed E-state index contributed by atoms with van der Waals surface area (Å²) in [6, 6.07) is 12.0. The van der Waals surface area contributed by atoms with E-state index in [4.69, 9.17) is 4.74 Å². The van der Waals surface area contributed by atoms with Crippen molar-refractivity contribution in [3.8, 4) is 5.75 Å². The van der Waals surface area contributed by atoms with Crippen LogP contribution in [0.2, 0.25) is 0 Å². The number of benzene rings is 1. The summed E-state index contributed by atoms with van der Waals surface area (Å²) < 4.78 is 6.39. The number of hydrogen-bond donors (Lipinski definition) is 1. The zero-order valence-electron chi connectivity index (χ0n) is 11.8. The molecule has 0 aliphatic heterocycles. The number of rotatable bonds is 3. The Labute approximate surface area is 126 Å². The van der Waals surface area contributed by atoms with E-state index in [1.54, 1.807) is 55.8 Å². The molecular formula is C16H13N3O3. The summed E-state index contributed by atoms with van der Waals surface area (Å²) in [5, 5.41) is 2.67. The number of nitrogens with zero attached hydrogens (tertiary/aromatic N) is 2. The highest BCUT2D eigenvalue weighted by Gasteiger charge is 2.13. The Morgan fingerprint density at radius 1 is 1.18 bits per heavy atom. The van der Waals surface area contributed by atoms with Crippen LogP contribution in [0.25, 0.3) is 5.65 Å². The van der Waals surface area contributed by atoms with Gasteiger partial charge in [0.05, 0.1) is 7.11 Å². The molecule has 0 radical (unpaired) electrons. The van der Waals surface area contributed by atoms with E-state index in [0.717, 1.165) is 0 Å². The highest BCUT2D eigenvalue weighted by atomic mass is 16.5. The number of carbonyl (C=O) groups excluding carboxylic acids is 1. The minimum atomic E-state index is -0.499. The van der Waals surface area contributed by atoms with E-state index >= 15 is 0 Å². The Balaban J connectivity index is 1.91. The topological polar surface area (TPSA) is 72.7 Å². The van der Waals surface area contributed by atoms with E-state index in [1.807, 2.05) is 0 Å². The van der Waals surface area contributed by atoms with Gasteiger partial charge >= 0.3 is 0 Å². The first-order valence-electron chi connectivity index (χ1n) is 6.61. The largest absolute Gasteiger partial charge is 0.497 e. The van der Waals surface area contributed by atoms with Gasteiger partial charge in [-0.05, 0) is 36.4 Å². The molecular weight excluding hydrogens is 282 g/mol. The summed E-state index contributed by atoms with van der Waals surface area (Å²) in [5.41, 5.74) is 0.646. The highest BCUT2D eigenvalue weighted by molar-refractivity contribution is 6.03. The minimum absolute atomic E-state index is 0.0143. The summed E-state index contributed by atoms with van der Waals surface area (Å²) in [6.45, 7) is 0. The van der Waals surface area contributed by atoms with Crippen molar-refractivity contribution in [2.75, 3.05) is 12.4 Å². The van der Waals surface area contributed by atoms with Gasteiger partial charge in [0.25, 0.3) is 11.5 Å². The van der Waals surface area contributed by atoms with Crippen LogP contribution in [-0.2, 0) is 0 Å². The van der Waals surface area contributed by atoms with Gasteiger partial charge in [-0.2, -0.15) is 0 Å². The summed E-state index contributed by atoms with van der Waals surface area (Å²) in [7, 11) is 1.56. The number of ether oxygens (including phenoxy) is 1. The van der Waals surface area contributed by atoms with E-state index in [9.17, 15) is 9.59 Å². The van der Waals surface area contributed by atoms with Crippen LogP contribution in [0.1, 0.15) is 10.4 Å². The van der Waals surface area contributed by atoms with Gasteiger partial charge in [0.2, 0.25) is 0 Å². The number of anilines is 1. The lowest BCUT2D eigenvalue weighted by atomic mass is 10.2. The number of methoxy groups -OCH3 is 1. The second-order valence-electron chi connectivity index (χ2n) is 4.59. The van der Waals surface area contributed by atoms with Crippen molar-refractivity contribution in [2.24, 2.45) is 0 Å². The SMILES string of the molecule is COc1ccc(NC(=O)c2cnc3ccccn3c2=O)cc1. The third-order valence-corrected chi connectivity index (χ3v) is 3.21. The van der Waals surface area contributed by atoms with E-state index in [1.165, 1.54) is 10.6 Å². The molecule has 0 aliphatic carbocycles. The van der Waals surface area contributed by atoms with Crippen molar-refractivity contribution in [3.05, 3.63) is 70.8 Å². The smallest absolute Gasteiger partial charge is 0.270 e. The first kappa shape index (κ1) is 13.8. The van der Waals surface area contributed by atoms with Crippen LogP contribution in [-0.4, -0.2) is 22.4 Å². The van der Waals surface area contributed by atoms with Crippen molar-refractivity contribution in [2.45, 2.75) is 0 Å². The number of pyridine rings is 1. The fourth-order valence-corrected chi connectivity index (χ4v) is 2.06. The van der Waals surface area contributed by atoms with Crippen molar-refractivity contribution < 1.29 is 9.53 Å². The number of carbonyl (C=O) groups is 1. The molecule has 3 aromatic rings. The summed E-state index contributed by atoms with van der Waals surface area (Å²) in [5.74, 6) is 0.186. The Kier molecular flexibility index (Phi) is 3.57. The zero-order chi connectivity index (χ0) is 15.5. The lowest BCUT2D eigenvalue weighted by molar-refractivity contribution is 0.102. The average Bonchev–Trinajstić information content (AvgIpc) is 2.56. The molecule has 110 valence electrons. The Hall–Kier alpha value is -3.15. The van der Waals surface area contributed by atoms with Gasteiger partial charge in [0, 0.05) is 18.1 Å². The monoisotopic (exact) mass is 295 g/mol. The molecule has 22 heavy (non-hydrogen) atoms. The molecule has 0 atom stereocenters. The fourth-order valence-electron chi connectivity index (χ4n) is 2.06. The molecule has 2 heterocycles. The predicted molar refractivity (Wildman–Crippen MR) is 82.4 cm³/mol. The van der Waals surface area contributed by atoms with E-state index in [-0.39, 0.29) is 5.56 Å². The lowest BCUT2D eigenvalue weighted by Crippen LogP contribution is -2.26. The van der Waals surface area contributed by atoms with Gasteiger partial charge < -0.3 is 10.1 Å². The van der Waals surface area contributed by atoms with Gasteiger partial charge in [-0.25, -0.2) is 4.98 Å². The maximum Gasteiger partial charge on any atom is 0.270 e. The van der Waals surface area contributed by atoms with E-state index in [2.05, 4.69) is 10.3 Å². The van der Waals surface area contributed by atoms with Crippen molar-refractivity contribution in [3.63, 3.8) is 0 Å². The van der Waals surface area contributed by atoms with E-state index in [0.29, 0.717) is 17.1 Å². The third kappa shape index (κ3) is 2.54. The number of aromatic nitrogens is 2. The van der Waals surface area contributed by atoms with Gasteiger partial charge in [0.15, 0.2) is 0 Å². The van der Waals surface area contributed by atoms with Crippen molar-refractivity contribution in [1.29, 1.82) is 0 Å². The van der Waals surface area contributed by atoms with Crippen LogP contribution >= 0.6 is 0 Å². The molecule has 0 bridgehead atoms. The zero-order valence-corrected chi connectivity index (χ0v) is 11.8. The molecule has 1 aromatic carbocycles. The molecule has 0 saturated heterocycles. The summed E-state index contributed by atoms with van der Waals surface area (Å²) in [6.07, 6.45) is 2.87. The molecule has 0 aliphatic rings. The maximum atomic E-state index is 12.3. The minimum Gasteiger partial charge on any atom is -0.497 e. The van der Waals surface area contributed by atoms with E-state index < -0.39 is 11.5 Å². The molecule has 1 amide bonds. The predicted octanol–water partition coefficient (Wildman–Crippen LogP) is 1.96. The van der Waals surface area contributed by atoms with Gasteiger partial charge in [-0.3, -0.25) is 14.0 Å². The van der Waals surface area contributed by atoms with Crippen LogP contribution in [0.3, 0.4) is 0 Å². The summed E-state index contributed by atoms with van der Waals surface area (Å²) >= 11 is 0. The van der Waals surface area contributed by atoms with Gasteiger partial charge in [-0.1, -0.05) is 6.07 Å². The highest BCUT2D eigenvalue weighted by Crippen LogP contribution is 2.15. The molecule has 2 aromatic heterocycles. The van der Waals surface area contributed by atoms with Crippen LogP contribution in [0.5, 0.6) is 5.75 Å². The molecule has 0 unspecified atom stereocenters. The maximum absolute atomic E-state index is 12.3. The van der Waals surface area contributed by atoms with Crippen LogP contribution < -0.4 is 15.6 Å². The molecule has 3 rings (SSSR count). The second kappa shape index (κ2) is 5.69. The number of amides is 1. The van der Waals surface area contributed by atoms with Crippen LogP contribution in [0, 0.1) is 0 Å². The average molecular weight is 295 g/mol. The Morgan fingerprint density at radius 2 is 1.95 bits per heavy atom. The second-order valence-corrected chi connectivity index (χ2v) is 4.59. The Bertz CT molecular complexity index is 885. The van der Waals surface area contributed by atoms with Gasteiger partial charge in [0.1, 0.15) is 17.0 Å². The van der Waals surface area contributed by atoms with Crippen LogP contribution in [0.4, 0.5) is 5.69 Å². The quantitative estimate of drug-likeness (QED) is 0.801.